The zero-order valence-electron chi connectivity index (χ0n) is 23.4. The first-order valence-electron chi connectivity index (χ1n) is 11.7. The van der Waals surface area contributed by atoms with Crippen LogP contribution in [0.5, 0.6) is 0 Å². The zero-order chi connectivity index (χ0) is 39.8. The highest BCUT2D eigenvalue weighted by Gasteiger charge is 2.58. The van der Waals surface area contributed by atoms with Crippen molar-refractivity contribution in [2.24, 2.45) is 0 Å². The third-order valence-electron chi connectivity index (χ3n) is 5.42. The van der Waals surface area contributed by atoms with Crippen LogP contribution < -0.4 is 0 Å². The molecule has 32 nitrogen and oxygen atoms in total. The van der Waals surface area contributed by atoms with E-state index < -0.39 is 147 Å². The van der Waals surface area contributed by atoms with E-state index in [1.807, 2.05) is 0 Å². The molecule has 0 unspecified atom stereocenters. The first-order chi connectivity index (χ1) is 22.5. The quantitative estimate of drug-likeness (QED) is 0.0593. The fraction of sp³-hybridized carbons (Fsp3) is 1.00. The topological polar surface area (TPSA) is 493 Å². The monoisotopic (exact) mass is 902 g/mol. The highest BCUT2D eigenvalue weighted by Crippen LogP contribution is 2.36. The summed E-state index contributed by atoms with van der Waals surface area (Å²) in [5.41, 5.74) is 0. The summed E-state index contributed by atoms with van der Waals surface area (Å²) in [4.78, 5) is 0. The Morgan fingerprint density at radius 3 is 1.08 bits per heavy atom. The number of hydrogen-bond donors (Lipinski definition) is 8. The molecule has 39 heteroatoms. The van der Waals surface area contributed by atoms with Crippen molar-refractivity contribution in [1.82, 2.24) is 0 Å². The summed E-state index contributed by atoms with van der Waals surface area (Å²) >= 11 is 0. The minimum atomic E-state index is -6.10. The summed E-state index contributed by atoms with van der Waals surface area (Å²) < 4.78 is 269. The maximum Gasteiger partial charge on any atom is 0.397 e. The van der Waals surface area contributed by atoms with Crippen LogP contribution in [0.25, 0.3) is 0 Å². The third-order valence-corrected chi connectivity index (χ3v) is 8.61. The molecule has 2 heterocycles. The van der Waals surface area contributed by atoms with Crippen LogP contribution in [0.3, 0.4) is 0 Å². The summed E-state index contributed by atoms with van der Waals surface area (Å²) in [5, 5.41) is 10.2. The normalized spacial score (nSPS) is 32.1. The molecule has 2 saturated heterocycles. The molecule has 2 aliphatic heterocycles. The molecule has 8 N–H and O–H groups in total. The molecule has 2 rings (SSSR count). The Bertz CT molecular complexity index is 2000. The second-order valence-electron chi connectivity index (χ2n) is 9.08. The van der Waals surface area contributed by atoms with Crippen molar-refractivity contribution in [2.45, 2.75) is 61.4 Å². The molecule has 0 aromatic heterocycles. The Hall–Kier alpha value is -1.07. The lowest BCUT2D eigenvalue weighted by atomic mass is 9.97. The van der Waals surface area contributed by atoms with Gasteiger partial charge in [0.15, 0.2) is 24.8 Å². The number of rotatable bonds is 18. The molecule has 0 radical (unpaired) electrons. The van der Waals surface area contributed by atoms with Gasteiger partial charge in [0.25, 0.3) is 0 Å². The van der Waals surface area contributed by atoms with Crippen LogP contribution in [0.1, 0.15) is 0 Å². The average molecular weight is 903 g/mol. The smallest absolute Gasteiger partial charge is 0.366 e. The SMILES string of the molecule is O=S(=O)(O)OC[C@H]1O[C@@H](O)[C@H](OS(=O)(=O)O)[C@@H](OS(=O)(=O)O)[C@@H]1O[C@@H]1O[C@H](COS(=O)(=O)O)[C@@H](OS(=O)(=O)O)[C@H](OS(=O)(=O)O)[C@H]1OS(=O)(=O)O. The lowest BCUT2D eigenvalue weighted by Gasteiger charge is -2.47. The van der Waals surface area contributed by atoms with Gasteiger partial charge in [-0.1, -0.05) is 0 Å². The number of ether oxygens (including phenoxy) is 3. The molecule has 0 spiro atoms. The van der Waals surface area contributed by atoms with E-state index >= 15 is 0 Å². The van der Waals surface area contributed by atoms with Crippen molar-refractivity contribution < 1.29 is 139 Å². The van der Waals surface area contributed by atoms with E-state index in [9.17, 15) is 82.2 Å². The van der Waals surface area contributed by atoms with Crippen molar-refractivity contribution in [2.75, 3.05) is 13.2 Å². The Balaban J connectivity index is 2.92. The molecule has 0 aromatic carbocycles. The molecule has 2 aliphatic rings. The first kappa shape index (κ1) is 46.1. The van der Waals surface area contributed by atoms with Gasteiger partial charge in [-0.05, 0) is 0 Å². The molecule has 0 bridgehead atoms. The molecule has 0 aromatic rings. The van der Waals surface area contributed by atoms with Crippen LogP contribution in [0.15, 0.2) is 0 Å². The minimum absolute atomic E-state index is 1.74. The van der Waals surface area contributed by atoms with Crippen molar-refractivity contribution in [3.05, 3.63) is 0 Å². The molecule has 51 heavy (non-hydrogen) atoms. The Kier molecular flexibility index (Phi) is 14.8. The van der Waals surface area contributed by atoms with Gasteiger partial charge in [0.05, 0.1) is 13.2 Å². The minimum Gasteiger partial charge on any atom is -0.366 e. The fourth-order valence-corrected chi connectivity index (χ4v) is 7.11. The molecule has 0 aliphatic carbocycles. The van der Waals surface area contributed by atoms with Gasteiger partial charge < -0.3 is 19.3 Å². The van der Waals surface area contributed by atoms with E-state index in [1.165, 1.54) is 0 Å². The number of aliphatic hydroxyl groups excluding tert-OH is 1. The van der Waals surface area contributed by atoms with Gasteiger partial charge in [-0.15, -0.1) is 0 Å². The van der Waals surface area contributed by atoms with Crippen LogP contribution in [-0.4, -0.2) is 171 Å². The van der Waals surface area contributed by atoms with Gasteiger partial charge in [0, 0.05) is 0 Å². The van der Waals surface area contributed by atoms with Crippen LogP contribution in [-0.2, 0) is 116 Å². The van der Waals surface area contributed by atoms with Crippen molar-refractivity contribution >= 4 is 72.8 Å². The van der Waals surface area contributed by atoms with Gasteiger partial charge in [0.1, 0.15) is 36.6 Å². The van der Waals surface area contributed by atoms with E-state index in [0.29, 0.717) is 0 Å². The zero-order valence-corrected chi connectivity index (χ0v) is 29.1. The number of aliphatic hydroxyl groups is 1. The lowest BCUT2D eigenvalue weighted by molar-refractivity contribution is -0.343. The Morgan fingerprint density at radius 2 is 0.706 bits per heavy atom. The maximum atomic E-state index is 11.7. The summed E-state index contributed by atoms with van der Waals surface area (Å²) in [6.07, 6.45) is -30.2. The summed E-state index contributed by atoms with van der Waals surface area (Å²) in [6, 6.07) is 0. The maximum absolute atomic E-state index is 11.7. The molecule has 2 fully saturated rings. The third kappa shape index (κ3) is 16.9. The van der Waals surface area contributed by atoms with Gasteiger partial charge >= 0.3 is 72.8 Å². The van der Waals surface area contributed by atoms with Crippen LogP contribution in [0.2, 0.25) is 0 Å². The highest BCUT2D eigenvalue weighted by molar-refractivity contribution is 7.82. The predicted molar refractivity (Wildman–Crippen MR) is 142 cm³/mol. The van der Waals surface area contributed by atoms with Gasteiger partial charge in [0.2, 0.25) is 0 Å². The van der Waals surface area contributed by atoms with Crippen LogP contribution in [0.4, 0.5) is 0 Å². The standard InChI is InChI=1S/C12H22O32S7/c13-11-9(43-50(29,30)31)7(41-48(23,24)25)5(3(37-11)1-35-45(14,15)16)39-12-10(44-51(32,33)34)8(42-49(26,27)28)6(40-47(20,21)22)4(38-12)2-36-46(17,18)19/h3-13H,1-2H2,(H,14,15,16)(H,17,18,19)(H,20,21,22)(H,23,24,25)(H,26,27,28)(H,29,30,31)(H,32,33,34)/t3-,4-,5-,6-,7+,8+,9-,10-,11-,12+/m1/s1. The first-order valence-corrected chi connectivity index (χ1v) is 21.2. The van der Waals surface area contributed by atoms with Crippen molar-refractivity contribution in [1.29, 1.82) is 0 Å². The fourth-order valence-electron chi connectivity index (χ4n) is 4.02. The molecular formula is C12H22O32S7. The predicted octanol–water partition coefficient (Wildman–Crippen LogP) is -6.61. The molecule has 0 saturated carbocycles. The van der Waals surface area contributed by atoms with Crippen LogP contribution in [0, 0.1) is 0 Å². The van der Waals surface area contributed by atoms with Gasteiger partial charge in [-0.2, -0.15) is 58.9 Å². The van der Waals surface area contributed by atoms with E-state index in [0.717, 1.165) is 0 Å². The second kappa shape index (κ2) is 16.3. The molecule has 0 amide bonds. The van der Waals surface area contributed by atoms with E-state index in [-0.39, 0.29) is 0 Å². The van der Waals surface area contributed by atoms with Crippen molar-refractivity contribution in [3.8, 4) is 0 Å². The summed E-state index contributed by atoms with van der Waals surface area (Å²) in [6.45, 7) is -3.59. The van der Waals surface area contributed by atoms with Crippen LogP contribution >= 0.6 is 0 Å². The highest BCUT2D eigenvalue weighted by atomic mass is 32.3. The largest absolute Gasteiger partial charge is 0.397 e. The number of hydrogen-bond acceptors (Lipinski definition) is 25. The molecular weight excluding hydrogens is 881 g/mol. The average Bonchev–Trinajstić information content (AvgIpc) is 2.84. The van der Waals surface area contributed by atoms with Gasteiger partial charge in [-0.25, -0.2) is 29.3 Å². The summed E-state index contributed by atoms with van der Waals surface area (Å²) in [5.74, 6) is 0. The van der Waals surface area contributed by atoms with Gasteiger partial charge in [-0.3, -0.25) is 31.9 Å². The van der Waals surface area contributed by atoms with E-state index in [1.54, 1.807) is 0 Å². The van der Waals surface area contributed by atoms with Crippen molar-refractivity contribution in [3.63, 3.8) is 0 Å². The Morgan fingerprint density at radius 1 is 0.392 bits per heavy atom. The molecule has 304 valence electrons. The van der Waals surface area contributed by atoms with E-state index in [4.69, 9.17) is 27.9 Å². The Labute approximate surface area is 286 Å². The molecule has 10 atom stereocenters. The van der Waals surface area contributed by atoms with E-state index in [2.05, 4.69) is 29.3 Å². The summed E-state index contributed by atoms with van der Waals surface area (Å²) in [7, 11) is -41.2. The lowest BCUT2D eigenvalue weighted by Crippen LogP contribution is -2.67. The second-order valence-corrected chi connectivity index (χ2v) is 16.5.